The van der Waals surface area contributed by atoms with E-state index in [9.17, 15) is 23.3 Å². The van der Waals surface area contributed by atoms with Crippen molar-refractivity contribution in [3.05, 3.63) is 83.0 Å². The third-order valence-electron chi connectivity index (χ3n) is 6.11. The number of nitrogens with one attached hydrogen (secondary N) is 2. The Balaban J connectivity index is 1.43. The quantitative estimate of drug-likeness (QED) is 0.435. The number of hydrogen-bond donors (Lipinski definition) is 2. The number of sulfonamides is 1. The van der Waals surface area contributed by atoms with Crippen molar-refractivity contribution in [2.75, 3.05) is 5.32 Å². The molecular weight excluding hydrogens is 508 g/mol. The number of carbonyl (C=O) groups is 2. The molecule has 8 nitrogen and oxygen atoms in total. The summed E-state index contributed by atoms with van der Waals surface area (Å²) >= 11 is 1.22. The summed E-state index contributed by atoms with van der Waals surface area (Å²) in [5.41, 5.74) is 4.19. The maximum Gasteiger partial charge on any atom is 0.264 e. The van der Waals surface area contributed by atoms with E-state index in [2.05, 4.69) is 23.5 Å². The SMILES string of the molecule is CC(=O)NS(=O)(=O)c1ccc(NC(=O)C(C)Sc2nc3c(cc2C#N)CC(c2ccccc2)CC3)cc1. The predicted octanol–water partition coefficient (Wildman–Crippen LogP) is 4.17. The number of benzene rings is 2. The van der Waals surface area contributed by atoms with E-state index in [-0.39, 0.29) is 10.8 Å². The first-order valence-corrected chi connectivity index (χ1v) is 14.1. The molecule has 2 unspecified atom stereocenters. The number of anilines is 1. The van der Waals surface area contributed by atoms with Crippen molar-refractivity contribution < 1.29 is 18.0 Å². The molecule has 4 rings (SSSR count). The fourth-order valence-electron chi connectivity index (χ4n) is 4.26. The molecule has 10 heteroatoms. The van der Waals surface area contributed by atoms with Crippen LogP contribution in [0, 0.1) is 11.3 Å². The number of nitrogens with zero attached hydrogens (tertiary/aromatic N) is 2. The number of aryl methyl sites for hydroxylation is 1. The van der Waals surface area contributed by atoms with Crippen LogP contribution >= 0.6 is 11.8 Å². The molecule has 0 fully saturated rings. The summed E-state index contributed by atoms with van der Waals surface area (Å²) in [6.07, 6.45) is 2.61. The molecule has 1 heterocycles. The first-order chi connectivity index (χ1) is 17.7. The molecule has 0 saturated carbocycles. The van der Waals surface area contributed by atoms with E-state index in [1.165, 1.54) is 41.6 Å². The molecule has 3 aromatic rings. The smallest absolute Gasteiger partial charge is 0.264 e. The Hall–Kier alpha value is -3.68. The zero-order valence-electron chi connectivity index (χ0n) is 20.4. The normalized spacial score (nSPS) is 15.6. The van der Waals surface area contributed by atoms with Gasteiger partial charge >= 0.3 is 0 Å². The lowest BCUT2D eigenvalue weighted by atomic mass is 9.82. The maximum atomic E-state index is 12.8. The van der Waals surface area contributed by atoms with Crippen LogP contribution in [0.4, 0.5) is 5.69 Å². The molecule has 0 radical (unpaired) electrons. The van der Waals surface area contributed by atoms with Crippen LogP contribution < -0.4 is 10.0 Å². The highest BCUT2D eigenvalue weighted by atomic mass is 32.2. The Morgan fingerprint density at radius 3 is 2.49 bits per heavy atom. The molecule has 1 aliphatic carbocycles. The summed E-state index contributed by atoms with van der Waals surface area (Å²) < 4.78 is 26.1. The topological polar surface area (TPSA) is 129 Å². The molecule has 2 amide bonds. The molecule has 37 heavy (non-hydrogen) atoms. The molecule has 2 atom stereocenters. The summed E-state index contributed by atoms with van der Waals surface area (Å²) in [4.78, 5) is 28.6. The van der Waals surface area contributed by atoms with Gasteiger partial charge in [0.15, 0.2) is 0 Å². The highest BCUT2D eigenvalue weighted by Gasteiger charge is 2.25. The van der Waals surface area contributed by atoms with Gasteiger partial charge in [-0.1, -0.05) is 42.1 Å². The highest BCUT2D eigenvalue weighted by molar-refractivity contribution is 8.00. The Labute approximate surface area is 220 Å². The fraction of sp³-hybridized carbons (Fsp3) is 0.259. The number of amides is 2. The minimum Gasteiger partial charge on any atom is -0.325 e. The Morgan fingerprint density at radius 1 is 1.14 bits per heavy atom. The first kappa shape index (κ1) is 26.4. The summed E-state index contributed by atoms with van der Waals surface area (Å²) in [5, 5.41) is 12.5. The minimum atomic E-state index is -3.95. The van der Waals surface area contributed by atoms with Crippen LogP contribution in [-0.4, -0.2) is 30.5 Å². The molecule has 0 spiro atoms. The second-order valence-corrected chi connectivity index (χ2v) is 11.9. The van der Waals surface area contributed by atoms with Gasteiger partial charge in [0.25, 0.3) is 10.0 Å². The van der Waals surface area contributed by atoms with E-state index in [4.69, 9.17) is 4.98 Å². The second-order valence-electron chi connectivity index (χ2n) is 8.84. The molecule has 1 aliphatic rings. The van der Waals surface area contributed by atoms with Crippen molar-refractivity contribution in [1.29, 1.82) is 5.26 Å². The zero-order chi connectivity index (χ0) is 26.6. The van der Waals surface area contributed by atoms with Crippen molar-refractivity contribution in [2.45, 2.75) is 54.2 Å². The molecule has 0 aliphatic heterocycles. The van der Waals surface area contributed by atoms with E-state index in [0.717, 1.165) is 37.4 Å². The number of fused-ring (bicyclic) bond motifs is 1. The first-order valence-electron chi connectivity index (χ1n) is 11.7. The standard InChI is InChI=1S/C27H26N4O4S2/c1-17(26(33)29-23-9-11-24(12-10-23)37(34,35)31-18(2)32)36-27-22(16-28)15-21-14-20(8-13-25(21)30-27)19-6-4-3-5-7-19/h3-7,9-12,15,17,20H,8,13-14H2,1-2H3,(H,29,33)(H,31,32). The van der Waals surface area contributed by atoms with Gasteiger partial charge in [0.1, 0.15) is 11.1 Å². The molecule has 190 valence electrons. The minimum absolute atomic E-state index is 0.0884. The lowest BCUT2D eigenvalue weighted by Gasteiger charge is -2.25. The van der Waals surface area contributed by atoms with Gasteiger partial charge in [-0.2, -0.15) is 5.26 Å². The average molecular weight is 535 g/mol. The monoisotopic (exact) mass is 534 g/mol. The van der Waals surface area contributed by atoms with Crippen LogP contribution in [0.15, 0.2) is 70.6 Å². The zero-order valence-corrected chi connectivity index (χ0v) is 22.0. The molecule has 2 aromatic carbocycles. The van der Waals surface area contributed by atoms with Gasteiger partial charge in [0, 0.05) is 18.3 Å². The Kier molecular flexibility index (Phi) is 7.95. The highest BCUT2D eigenvalue weighted by Crippen LogP contribution is 2.35. The summed E-state index contributed by atoms with van der Waals surface area (Å²) in [6.45, 7) is 2.84. The van der Waals surface area contributed by atoms with E-state index in [0.29, 0.717) is 22.2 Å². The van der Waals surface area contributed by atoms with Gasteiger partial charge in [0.2, 0.25) is 11.8 Å². The Bertz CT molecular complexity index is 1470. The van der Waals surface area contributed by atoms with Gasteiger partial charge in [-0.05, 0) is 73.6 Å². The molecule has 0 bridgehead atoms. The van der Waals surface area contributed by atoms with Crippen LogP contribution in [0.2, 0.25) is 0 Å². The summed E-state index contributed by atoms with van der Waals surface area (Å²) in [7, 11) is -3.95. The third-order valence-corrected chi connectivity index (χ3v) is 8.66. The molecule has 1 aromatic heterocycles. The number of hydrogen-bond acceptors (Lipinski definition) is 7. The predicted molar refractivity (Wildman–Crippen MR) is 142 cm³/mol. The van der Waals surface area contributed by atoms with Crippen LogP contribution in [0.3, 0.4) is 0 Å². The number of thioether (sulfide) groups is 1. The number of nitriles is 1. The average Bonchev–Trinajstić information content (AvgIpc) is 2.88. The van der Waals surface area contributed by atoms with Crippen molar-refractivity contribution in [3.63, 3.8) is 0 Å². The lowest BCUT2D eigenvalue weighted by Crippen LogP contribution is -2.28. The van der Waals surface area contributed by atoms with Crippen molar-refractivity contribution >= 4 is 39.3 Å². The van der Waals surface area contributed by atoms with Crippen molar-refractivity contribution in [2.24, 2.45) is 0 Å². The third kappa shape index (κ3) is 6.37. The fourth-order valence-corrected chi connectivity index (χ4v) is 6.14. The second kappa shape index (κ2) is 11.2. The van der Waals surface area contributed by atoms with Crippen LogP contribution in [0.25, 0.3) is 0 Å². The summed E-state index contributed by atoms with van der Waals surface area (Å²) in [5.74, 6) is -0.605. The van der Waals surface area contributed by atoms with Gasteiger partial charge < -0.3 is 5.32 Å². The number of carbonyl (C=O) groups excluding carboxylic acids is 2. The molecule has 2 N–H and O–H groups in total. The maximum absolute atomic E-state index is 12.8. The molecule has 0 saturated heterocycles. The molecular formula is C27H26N4O4S2. The van der Waals surface area contributed by atoms with E-state index in [1.54, 1.807) is 6.92 Å². The van der Waals surface area contributed by atoms with E-state index < -0.39 is 21.2 Å². The van der Waals surface area contributed by atoms with Crippen LogP contribution in [-0.2, 0) is 32.5 Å². The number of aromatic nitrogens is 1. The largest absolute Gasteiger partial charge is 0.325 e. The van der Waals surface area contributed by atoms with Crippen LogP contribution in [0.1, 0.15) is 48.6 Å². The van der Waals surface area contributed by atoms with Crippen LogP contribution in [0.5, 0.6) is 0 Å². The number of rotatable bonds is 7. The van der Waals surface area contributed by atoms with Gasteiger partial charge in [-0.15, -0.1) is 0 Å². The van der Waals surface area contributed by atoms with Crippen molar-refractivity contribution in [3.8, 4) is 6.07 Å². The number of pyridine rings is 1. The summed E-state index contributed by atoms with van der Waals surface area (Å²) in [6, 6.07) is 20.0. The van der Waals surface area contributed by atoms with Crippen molar-refractivity contribution in [1.82, 2.24) is 9.71 Å². The van der Waals surface area contributed by atoms with E-state index in [1.807, 2.05) is 29.0 Å². The van der Waals surface area contributed by atoms with Gasteiger partial charge in [-0.25, -0.2) is 18.1 Å². The van der Waals surface area contributed by atoms with Gasteiger partial charge in [-0.3, -0.25) is 9.59 Å². The van der Waals surface area contributed by atoms with E-state index >= 15 is 0 Å². The Morgan fingerprint density at radius 2 is 1.84 bits per heavy atom. The van der Waals surface area contributed by atoms with Gasteiger partial charge in [0.05, 0.1) is 15.7 Å². The lowest BCUT2D eigenvalue weighted by molar-refractivity contribution is -0.117.